The number of anilines is 2. The summed E-state index contributed by atoms with van der Waals surface area (Å²) in [4.78, 5) is 11.8. The van der Waals surface area contributed by atoms with E-state index in [-0.39, 0.29) is 12.2 Å². The molecular weight excluding hydrogens is 288 g/mol. The van der Waals surface area contributed by atoms with Crippen molar-refractivity contribution >= 4 is 39.7 Å². The van der Waals surface area contributed by atoms with E-state index in [1.165, 1.54) is 6.07 Å². The van der Waals surface area contributed by atoms with Crippen LogP contribution in [0.2, 0.25) is 5.02 Å². The second-order valence-corrected chi connectivity index (χ2v) is 5.81. The van der Waals surface area contributed by atoms with Crippen LogP contribution in [0.3, 0.4) is 0 Å². The van der Waals surface area contributed by atoms with Crippen LogP contribution in [0.5, 0.6) is 0 Å². The molecule has 0 heterocycles. The molecule has 1 aromatic carbocycles. The minimum Gasteiger partial charge on any atom is -0.462 e. The molecule has 7 heteroatoms. The Hall–Kier alpha value is -1.27. The average molecular weight is 305 g/mol. The van der Waals surface area contributed by atoms with Crippen LogP contribution in [0.25, 0.3) is 0 Å². The number of esters is 1. The monoisotopic (exact) mass is 304 g/mol. The number of nitrogen functional groups attached to an aromatic ring is 1. The van der Waals surface area contributed by atoms with Crippen molar-refractivity contribution in [3.8, 4) is 0 Å². The van der Waals surface area contributed by atoms with E-state index in [0.29, 0.717) is 28.7 Å². The van der Waals surface area contributed by atoms with Gasteiger partial charge >= 0.3 is 5.97 Å². The number of ether oxygens (including phenoxy) is 1. The summed E-state index contributed by atoms with van der Waals surface area (Å²) in [6.45, 7) is 2.43. The van der Waals surface area contributed by atoms with Gasteiger partial charge in [0.15, 0.2) is 0 Å². The van der Waals surface area contributed by atoms with Crippen molar-refractivity contribution < 1.29 is 13.7 Å². The second-order valence-electron chi connectivity index (χ2n) is 3.85. The smallest absolute Gasteiger partial charge is 0.340 e. The van der Waals surface area contributed by atoms with Crippen LogP contribution < -0.4 is 11.1 Å². The molecule has 0 aliphatic heterocycles. The number of nitrogens with one attached hydrogen (secondary N) is 1. The molecule has 106 valence electrons. The Morgan fingerprint density at radius 1 is 1.53 bits per heavy atom. The van der Waals surface area contributed by atoms with E-state index in [1.54, 1.807) is 19.2 Å². The summed E-state index contributed by atoms with van der Waals surface area (Å²) >= 11 is 6.07. The van der Waals surface area contributed by atoms with Gasteiger partial charge in [0.2, 0.25) is 0 Å². The predicted molar refractivity (Wildman–Crippen MR) is 79.2 cm³/mol. The maximum atomic E-state index is 11.8. The van der Waals surface area contributed by atoms with Crippen molar-refractivity contribution in [3.05, 3.63) is 22.7 Å². The number of hydrogen-bond acceptors (Lipinski definition) is 5. The van der Waals surface area contributed by atoms with Gasteiger partial charge in [0, 0.05) is 35.0 Å². The lowest BCUT2D eigenvalue weighted by atomic mass is 10.1. The van der Waals surface area contributed by atoms with E-state index in [2.05, 4.69) is 5.32 Å². The Morgan fingerprint density at radius 3 is 2.79 bits per heavy atom. The first kappa shape index (κ1) is 15.8. The van der Waals surface area contributed by atoms with Gasteiger partial charge in [-0.05, 0) is 19.1 Å². The number of nitrogens with two attached hydrogens (primary N) is 1. The predicted octanol–water partition coefficient (Wildman–Crippen LogP) is 1.89. The van der Waals surface area contributed by atoms with Crippen LogP contribution in [0.1, 0.15) is 17.3 Å². The normalized spacial score (nSPS) is 11.9. The number of carbonyl (C=O) groups is 1. The van der Waals surface area contributed by atoms with Crippen LogP contribution in [-0.2, 0) is 15.5 Å². The minimum absolute atomic E-state index is 0.268. The van der Waals surface area contributed by atoms with Crippen molar-refractivity contribution in [3.63, 3.8) is 0 Å². The summed E-state index contributed by atoms with van der Waals surface area (Å²) in [7, 11) is -0.917. The fourth-order valence-electron chi connectivity index (χ4n) is 1.50. The largest absolute Gasteiger partial charge is 0.462 e. The van der Waals surface area contributed by atoms with E-state index in [1.807, 2.05) is 0 Å². The molecule has 1 aromatic rings. The van der Waals surface area contributed by atoms with Crippen LogP contribution in [0.15, 0.2) is 12.1 Å². The SMILES string of the molecule is CCOC(=O)c1cc(N)cc(Cl)c1NCCS(C)=O. The molecule has 1 atom stereocenters. The molecule has 0 saturated carbocycles. The van der Waals surface area contributed by atoms with Crippen LogP contribution in [0, 0.1) is 0 Å². The molecular formula is C12H17ClN2O3S. The van der Waals surface area contributed by atoms with Gasteiger partial charge in [0.1, 0.15) is 0 Å². The average Bonchev–Trinajstić information content (AvgIpc) is 2.31. The molecule has 5 nitrogen and oxygen atoms in total. The van der Waals surface area contributed by atoms with Crippen molar-refractivity contribution in [1.29, 1.82) is 0 Å². The number of rotatable bonds is 6. The number of hydrogen-bond donors (Lipinski definition) is 2. The van der Waals surface area contributed by atoms with E-state index in [9.17, 15) is 9.00 Å². The topological polar surface area (TPSA) is 81.4 Å². The van der Waals surface area contributed by atoms with Gasteiger partial charge in [-0.15, -0.1) is 0 Å². The van der Waals surface area contributed by atoms with Crippen molar-refractivity contribution in [2.45, 2.75) is 6.92 Å². The van der Waals surface area contributed by atoms with E-state index < -0.39 is 16.8 Å². The molecule has 0 amide bonds. The van der Waals surface area contributed by atoms with Gasteiger partial charge in [0.05, 0.1) is 22.9 Å². The molecule has 0 radical (unpaired) electrons. The fraction of sp³-hybridized carbons (Fsp3) is 0.417. The third-order valence-corrected chi connectivity index (χ3v) is 3.38. The van der Waals surface area contributed by atoms with E-state index in [0.717, 1.165) is 0 Å². The zero-order valence-corrected chi connectivity index (χ0v) is 12.4. The lowest BCUT2D eigenvalue weighted by Gasteiger charge is -2.13. The fourth-order valence-corrected chi connectivity index (χ4v) is 2.18. The minimum atomic E-state index is -0.917. The van der Waals surface area contributed by atoms with Crippen molar-refractivity contribution in [1.82, 2.24) is 0 Å². The molecule has 0 bridgehead atoms. The number of halogens is 1. The molecule has 0 aliphatic carbocycles. The highest BCUT2D eigenvalue weighted by molar-refractivity contribution is 7.84. The highest BCUT2D eigenvalue weighted by atomic mass is 35.5. The number of benzene rings is 1. The summed E-state index contributed by atoms with van der Waals surface area (Å²) in [6.07, 6.45) is 1.61. The van der Waals surface area contributed by atoms with Crippen molar-refractivity contribution in [2.24, 2.45) is 0 Å². The maximum absolute atomic E-state index is 11.8. The Balaban J connectivity index is 2.99. The quantitative estimate of drug-likeness (QED) is 0.619. The summed E-state index contributed by atoms with van der Waals surface area (Å²) in [5, 5.41) is 3.34. The molecule has 1 rings (SSSR count). The molecule has 19 heavy (non-hydrogen) atoms. The van der Waals surface area contributed by atoms with Gasteiger partial charge in [-0.25, -0.2) is 4.79 Å². The van der Waals surface area contributed by atoms with Crippen LogP contribution in [-0.4, -0.2) is 35.3 Å². The molecule has 0 aromatic heterocycles. The standard InChI is InChI=1S/C12H17ClN2O3S/c1-3-18-12(16)9-6-8(14)7-10(13)11(9)15-4-5-19(2)17/h6-7,15H,3-5,14H2,1-2H3. The second kappa shape index (κ2) is 7.35. The first-order valence-electron chi connectivity index (χ1n) is 5.75. The first-order valence-corrected chi connectivity index (χ1v) is 7.86. The number of carbonyl (C=O) groups excluding carboxylic acids is 1. The van der Waals surface area contributed by atoms with E-state index >= 15 is 0 Å². The Bertz CT molecular complexity index is 494. The molecule has 0 fully saturated rings. The summed E-state index contributed by atoms with van der Waals surface area (Å²) in [5.74, 6) is -0.0278. The van der Waals surface area contributed by atoms with Crippen molar-refractivity contribution in [2.75, 3.05) is 36.2 Å². The molecule has 1 unspecified atom stereocenters. The van der Waals surface area contributed by atoms with Gasteiger partial charge in [-0.3, -0.25) is 4.21 Å². The van der Waals surface area contributed by atoms with Crippen LogP contribution in [0.4, 0.5) is 11.4 Å². The molecule has 0 aliphatic rings. The van der Waals surface area contributed by atoms with E-state index in [4.69, 9.17) is 22.1 Å². The maximum Gasteiger partial charge on any atom is 0.340 e. The summed E-state index contributed by atoms with van der Waals surface area (Å²) < 4.78 is 16.0. The van der Waals surface area contributed by atoms with Crippen LogP contribution >= 0.6 is 11.6 Å². The van der Waals surface area contributed by atoms with Gasteiger partial charge in [-0.1, -0.05) is 11.6 Å². The lowest BCUT2D eigenvalue weighted by Crippen LogP contribution is -2.15. The molecule has 0 saturated heterocycles. The highest BCUT2D eigenvalue weighted by Gasteiger charge is 2.16. The Labute approximate surface area is 119 Å². The third-order valence-electron chi connectivity index (χ3n) is 2.30. The summed E-state index contributed by atoms with van der Waals surface area (Å²) in [5.41, 5.74) is 6.80. The first-order chi connectivity index (χ1) is 8.95. The zero-order chi connectivity index (χ0) is 14.4. The highest BCUT2D eigenvalue weighted by Crippen LogP contribution is 2.29. The van der Waals surface area contributed by atoms with Gasteiger partial charge in [-0.2, -0.15) is 0 Å². The van der Waals surface area contributed by atoms with Gasteiger partial charge < -0.3 is 15.8 Å². The third kappa shape index (κ3) is 4.72. The Morgan fingerprint density at radius 2 is 2.21 bits per heavy atom. The lowest BCUT2D eigenvalue weighted by molar-refractivity contribution is 0.0527. The summed E-state index contributed by atoms with van der Waals surface area (Å²) in [6, 6.07) is 3.06. The molecule has 0 spiro atoms. The molecule has 3 N–H and O–H groups in total. The zero-order valence-electron chi connectivity index (χ0n) is 10.9. The Kier molecular flexibility index (Phi) is 6.11. The van der Waals surface area contributed by atoms with Gasteiger partial charge in [0.25, 0.3) is 0 Å².